The Bertz CT molecular complexity index is 411. The van der Waals surface area contributed by atoms with E-state index < -0.39 is 9.84 Å². The molecule has 2 rings (SSSR count). The number of thiophene rings is 1. The molecule has 2 unspecified atom stereocenters. The second-order valence-corrected chi connectivity index (χ2v) is 8.20. The van der Waals surface area contributed by atoms with Crippen LogP contribution in [0, 0.1) is 5.92 Å². The smallest absolute Gasteiger partial charge is 0.150 e. The van der Waals surface area contributed by atoms with Crippen LogP contribution in [0.5, 0.6) is 0 Å². The first-order valence-electron chi connectivity index (χ1n) is 4.92. The van der Waals surface area contributed by atoms with E-state index in [1.807, 2.05) is 0 Å². The number of rotatable bonds is 3. The highest BCUT2D eigenvalue weighted by atomic mass is 79.9. The van der Waals surface area contributed by atoms with Gasteiger partial charge in [0, 0.05) is 4.83 Å². The van der Waals surface area contributed by atoms with E-state index >= 15 is 0 Å². The molecule has 1 aliphatic rings. The molecule has 5 heteroatoms. The van der Waals surface area contributed by atoms with Crippen molar-refractivity contribution in [1.82, 2.24) is 0 Å². The van der Waals surface area contributed by atoms with Gasteiger partial charge in [0.05, 0.1) is 11.5 Å². The molecule has 0 amide bonds. The van der Waals surface area contributed by atoms with Gasteiger partial charge in [-0.1, -0.05) is 15.9 Å². The van der Waals surface area contributed by atoms with E-state index in [0.29, 0.717) is 16.3 Å². The molecule has 1 saturated heterocycles. The molecule has 0 aromatic carbocycles. The highest BCUT2D eigenvalue weighted by Crippen LogP contribution is 2.29. The molecular formula is C10H13BrO2S2. The first-order chi connectivity index (χ1) is 7.07. The van der Waals surface area contributed by atoms with Crippen molar-refractivity contribution in [3.8, 4) is 0 Å². The number of hydrogen-bond acceptors (Lipinski definition) is 3. The maximum Gasteiger partial charge on any atom is 0.150 e. The van der Waals surface area contributed by atoms with Gasteiger partial charge in [-0.25, -0.2) is 8.42 Å². The first-order valence-corrected chi connectivity index (χ1v) is 8.60. The van der Waals surface area contributed by atoms with E-state index in [9.17, 15) is 8.42 Å². The molecule has 1 fully saturated rings. The Balaban J connectivity index is 1.95. The van der Waals surface area contributed by atoms with Crippen LogP contribution in [-0.4, -0.2) is 24.8 Å². The Morgan fingerprint density at radius 2 is 2.40 bits per heavy atom. The molecule has 1 aliphatic heterocycles. The van der Waals surface area contributed by atoms with Crippen LogP contribution in [0.2, 0.25) is 0 Å². The van der Waals surface area contributed by atoms with Gasteiger partial charge >= 0.3 is 0 Å². The highest BCUT2D eigenvalue weighted by Gasteiger charge is 2.32. The summed E-state index contributed by atoms with van der Waals surface area (Å²) in [6.07, 6.45) is 1.74. The Hall–Kier alpha value is 0.130. The minimum absolute atomic E-state index is 0.287. The summed E-state index contributed by atoms with van der Waals surface area (Å²) >= 11 is 5.30. The van der Waals surface area contributed by atoms with Gasteiger partial charge in [0.1, 0.15) is 0 Å². The summed E-state index contributed by atoms with van der Waals surface area (Å²) in [5.74, 6) is 1.01. The van der Waals surface area contributed by atoms with E-state index in [1.54, 1.807) is 11.3 Å². The largest absolute Gasteiger partial charge is 0.229 e. The molecule has 15 heavy (non-hydrogen) atoms. The first kappa shape index (κ1) is 11.6. The molecule has 2 atom stereocenters. The summed E-state index contributed by atoms with van der Waals surface area (Å²) in [7, 11) is -2.75. The minimum atomic E-state index is -2.75. The summed E-state index contributed by atoms with van der Waals surface area (Å²) < 4.78 is 22.7. The lowest BCUT2D eigenvalue weighted by Crippen LogP contribution is -2.18. The Labute approximate surface area is 103 Å². The van der Waals surface area contributed by atoms with Gasteiger partial charge in [0.2, 0.25) is 0 Å². The van der Waals surface area contributed by atoms with Gasteiger partial charge in [-0.3, -0.25) is 0 Å². The summed E-state index contributed by atoms with van der Waals surface area (Å²) in [4.78, 5) is 0.296. The average molecular weight is 309 g/mol. The number of hydrogen-bond donors (Lipinski definition) is 0. The lowest BCUT2D eigenvalue weighted by Gasteiger charge is -2.14. The summed E-state index contributed by atoms with van der Waals surface area (Å²) in [5.41, 5.74) is 1.30. The number of sulfone groups is 1. The Kier molecular flexibility index (Phi) is 3.52. The summed E-state index contributed by atoms with van der Waals surface area (Å²) in [5, 5.41) is 4.18. The zero-order valence-electron chi connectivity index (χ0n) is 8.23. The number of halogens is 1. The normalized spacial score (nSPS) is 26.6. The van der Waals surface area contributed by atoms with Gasteiger partial charge in [-0.05, 0) is 41.1 Å². The van der Waals surface area contributed by atoms with Gasteiger partial charge in [-0.2, -0.15) is 11.3 Å². The van der Waals surface area contributed by atoms with Gasteiger partial charge in [0.25, 0.3) is 0 Å². The highest BCUT2D eigenvalue weighted by molar-refractivity contribution is 9.09. The molecule has 0 radical (unpaired) electrons. The molecule has 2 heterocycles. The van der Waals surface area contributed by atoms with E-state index in [-0.39, 0.29) is 5.92 Å². The zero-order valence-corrected chi connectivity index (χ0v) is 11.4. The summed E-state index contributed by atoms with van der Waals surface area (Å²) in [6, 6.07) is 2.10. The van der Waals surface area contributed by atoms with Crippen molar-refractivity contribution >= 4 is 37.1 Å². The average Bonchev–Trinajstić information content (AvgIpc) is 2.74. The molecule has 0 spiro atoms. The lowest BCUT2D eigenvalue weighted by molar-refractivity contribution is 0.564. The van der Waals surface area contributed by atoms with Crippen LogP contribution in [-0.2, 0) is 16.3 Å². The van der Waals surface area contributed by atoms with Crippen LogP contribution in [0.3, 0.4) is 0 Å². The topological polar surface area (TPSA) is 34.1 Å². The van der Waals surface area contributed by atoms with Crippen molar-refractivity contribution in [1.29, 1.82) is 0 Å². The maximum absolute atomic E-state index is 11.3. The number of alkyl halides is 1. The second-order valence-electron chi connectivity index (χ2n) is 4.01. The van der Waals surface area contributed by atoms with Crippen LogP contribution in [0.25, 0.3) is 0 Å². The fourth-order valence-corrected chi connectivity index (χ4v) is 5.54. The molecule has 1 aromatic rings. The van der Waals surface area contributed by atoms with Crippen LogP contribution in [0.1, 0.15) is 12.0 Å². The van der Waals surface area contributed by atoms with Crippen LogP contribution in [0.15, 0.2) is 16.8 Å². The van der Waals surface area contributed by atoms with Crippen LogP contribution in [0.4, 0.5) is 0 Å². The van der Waals surface area contributed by atoms with Crippen LogP contribution >= 0.6 is 27.3 Å². The van der Waals surface area contributed by atoms with E-state index in [0.717, 1.165) is 12.8 Å². The van der Waals surface area contributed by atoms with Crippen molar-refractivity contribution in [2.75, 3.05) is 11.5 Å². The van der Waals surface area contributed by atoms with E-state index in [4.69, 9.17) is 0 Å². The summed E-state index contributed by atoms with van der Waals surface area (Å²) in [6.45, 7) is 0. The SMILES string of the molecule is O=S1(=O)CCC(C(Br)Cc2ccsc2)C1. The monoisotopic (exact) mass is 308 g/mol. The molecule has 0 saturated carbocycles. The molecule has 0 N–H and O–H groups in total. The van der Waals surface area contributed by atoms with Crippen molar-refractivity contribution in [3.63, 3.8) is 0 Å². The fraction of sp³-hybridized carbons (Fsp3) is 0.600. The minimum Gasteiger partial charge on any atom is -0.229 e. The zero-order chi connectivity index (χ0) is 10.9. The second kappa shape index (κ2) is 4.55. The van der Waals surface area contributed by atoms with Crippen molar-refractivity contribution in [2.24, 2.45) is 5.92 Å². The van der Waals surface area contributed by atoms with Gasteiger partial charge in [-0.15, -0.1) is 0 Å². The van der Waals surface area contributed by atoms with Crippen molar-refractivity contribution in [2.45, 2.75) is 17.7 Å². The predicted molar refractivity (Wildman–Crippen MR) is 67.5 cm³/mol. The molecule has 0 aliphatic carbocycles. The molecule has 1 aromatic heterocycles. The Morgan fingerprint density at radius 3 is 2.93 bits per heavy atom. The lowest BCUT2D eigenvalue weighted by atomic mass is 10.0. The third-order valence-electron chi connectivity index (χ3n) is 2.79. The van der Waals surface area contributed by atoms with Gasteiger partial charge < -0.3 is 0 Å². The van der Waals surface area contributed by atoms with Crippen molar-refractivity contribution in [3.05, 3.63) is 22.4 Å². The van der Waals surface area contributed by atoms with Crippen LogP contribution < -0.4 is 0 Å². The fourth-order valence-electron chi connectivity index (χ4n) is 1.91. The Morgan fingerprint density at radius 1 is 1.60 bits per heavy atom. The third-order valence-corrected chi connectivity index (χ3v) is 6.39. The molecule has 0 bridgehead atoms. The maximum atomic E-state index is 11.3. The molecule has 84 valence electrons. The molecule has 2 nitrogen and oxygen atoms in total. The third kappa shape index (κ3) is 3.04. The van der Waals surface area contributed by atoms with Crippen molar-refractivity contribution < 1.29 is 8.42 Å². The predicted octanol–water partition coefficient (Wildman–Crippen LogP) is 2.49. The van der Waals surface area contributed by atoms with E-state index in [1.165, 1.54) is 5.56 Å². The quantitative estimate of drug-likeness (QED) is 0.804. The standard InChI is InChI=1S/C10H13BrO2S2/c11-10(5-8-1-3-14-6-8)9-2-4-15(12,13)7-9/h1,3,6,9-10H,2,4-5,7H2. The van der Waals surface area contributed by atoms with Gasteiger partial charge in [0.15, 0.2) is 9.84 Å². The van der Waals surface area contributed by atoms with E-state index in [2.05, 4.69) is 32.8 Å². The molecular weight excluding hydrogens is 296 g/mol.